The zero-order valence-corrected chi connectivity index (χ0v) is 9.68. The SMILES string of the molecule is Nc1ccc(C=CCCS)cc1Br. The third kappa shape index (κ3) is 3.44. The standard InChI is InChI=1S/C10H12BrNS/c11-9-7-8(3-1-2-6-13)4-5-10(9)12/h1,3-5,7,13H,2,6,12H2. The van der Waals surface area contributed by atoms with Crippen LogP contribution in [0.4, 0.5) is 5.69 Å². The molecule has 0 amide bonds. The second-order valence-electron chi connectivity index (χ2n) is 2.70. The van der Waals surface area contributed by atoms with Crippen molar-refractivity contribution in [2.24, 2.45) is 0 Å². The van der Waals surface area contributed by atoms with Gasteiger partial charge in [-0.3, -0.25) is 0 Å². The maximum absolute atomic E-state index is 5.66. The molecule has 0 aliphatic rings. The van der Waals surface area contributed by atoms with Crippen LogP contribution in [-0.2, 0) is 0 Å². The molecule has 0 atom stereocenters. The van der Waals surface area contributed by atoms with E-state index < -0.39 is 0 Å². The quantitative estimate of drug-likeness (QED) is 0.631. The molecular weight excluding hydrogens is 246 g/mol. The Morgan fingerprint density at radius 2 is 2.23 bits per heavy atom. The number of benzene rings is 1. The normalized spacial score (nSPS) is 10.9. The highest BCUT2D eigenvalue weighted by Crippen LogP contribution is 2.21. The molecule has 3 heteroatoms. The number of nitrogen functional groups attached to an aromatic ring is 1. The van der Waals surface area contributed by atoms with Crippen LogP contribution in [0, 0.1) is 0 Å². The van der Waals surface area contributed by atoms with Gasteiger partial charge in [0.25, 0.3) is 0 Å². The van der Waals surface area contributed by atoms with E-state index in [-0.39, 0.29) is 0 Å². The Kier molecular flexibility index (Phi) is 4.39. The molecule has 0 bridgehead atoms. The van der Waals surface area contributed by atoms with Crippen molar-refractivity contribution in [2.45, 2.75) is 6.42 Å². The summed E-state index contributed by atoms with van der Waals surface area (Å²) in [6, 6.07) is 5.89. The summed E-state index contributed by atoms with van der Waals surface area (Å²) in [5.41, 5.74) is 7.59. The van der Waals surface area contributed by atoms with E-state index in [1.165, 1.54) is 0 Å². The van der Waals surface area contributed by atoms with Gasteiger partial charge < -0.3 is 5.73 Å². The molecule has 0 saturated heterocycles. The van der Waals surface area contributed by atoms with Gasteiger partial charge in [0, 0.05) is 10.2 Å². The third-order valence-electron chi connectivity index (χ3n) is 1.63. The van der Waals surface area contributed by atoms with Gasteiger partial charge >= 0.3 is 0 Å². The van der Waals surface area contributed by atoms with Gasteiger partial charge in [0.2, 0.25) is 0 Å². The van der Waals surface area contributed by atoms with Crippen LogP contribution in [0.2, 0.25) is 0 Å². The average molecular weight is 258 g/mol. The summed E-state index contributed by atoms with van der Waals surface area (Å²) in [6.45, 7) is 0. The summed E-state index contributed by atoms with van der Waals surface area (Å²) in [6.07, 6.45) is 5.16. The van der Waals surface area contributed by atoms with Crippen molar-refractivity contribution in [3.63, 3.8) is 0 Å². The average Bonchev–Trinajstić information content (AvgIpc) is 2.12. The molecule has 1 aromatic rings. The molecular formula is C10H12BrNS. The van der Waals surface area contributed by atoms with Gasteiger partial charge in [-0.1, -0.05) is 18.2 Å². The second kappa shape index (κ2) is 5.35. The zero-order valence-electron chi connectivity index (χ0n) is 7.20. The molecule has 0 unspecified atom stereocenters. The summed E-state index contributed by atoms with van der Waals surface area (Å²) < 4.78 is 0.945. The second-order valence-corrected chi connectivity index (χ2v) is 4.00. The van der Waals surface area contributed by atoms with Gasteiger partial charge in [0.1, 0.15) is 0 Å². The molecule has 13 heavy (non-hydrogen) atoms. The zero-order chi connectivity index (χ0) is 9.68. The van der Waals surface area contributed by atoms with E-state index in [1.807, 2.05) is 18.2 Å². The van der Waals surface area contributed by atoms with Gasteiger partial charge in [0.05, 0.1) is 0 Å². The van der Waals surface area contributed by atoms with E-state index in [2.05, 4.69) is 40.7 Å². The third-order valence-corrected chi connectivity index (χ3v) is 2.58. The van der Waals surface area contributed by atoms with E-state index in [0.717, 1.165) is 27.9 Å². The van der Waals surface area contributed by atoms with E-state index in [9.17, 15) is 0 Å². The highest BCUT2D eigenvalue weighted by atomic mass is 79.9. The van der Waals surface area contributed by atoms with Crippen molar-refractivity contribution in [2.75, 3.05) is 11.5 Å². The minimum absolute atomic E-state index is 0.770. The molecule has 0 aromatic heterocycles. The maximum Gasteiger partial charge on any atom is 0.0458 e. The van der Waals surface area contributed by atoms with Gasteiger partial charge in [-0.25, -0.2) is 0 Å². The Bertz CT molecular complexity index is 310. The first-order valence-electron chi connectivity index (χ1n) is 4.06. The van der Waals surface area contributed by atoms with Crippen LogP contribution in [0.5, 0.6) is 0 Å². The topological polar surface area (TPSA) is 26.0 Å². The molecule has 0 aliphatic heterocycles. The molecule has 70 valence electrons. The van der Waals surface area contributed by atoms with Gasteiger partial charge in [-0.15, -0.1) is 0 Å². The highest BCUT2D eigenvalue weighted by molar-refractivity contribution is 9.10. The van der Waals surface area contributed by atoms with Gasteiger partial charge in [-0.05, 0) is 45.8 Å². The predicted octanol–water partition coefficient (Wildman–Crippen LogP) is 3.36. The molecule has 1 nitrogen and oxygen atoms in total. The monoisotopic (exact) mass is 257 g/mol. The molecule has 1 rings (SSSR count). The predicted molar refractivity (Wildman–Crippen MR) is 66.1 cm³/mol. The van der Waals surface area contributed by atoms with Crippen LogP contribution in [-0.4, -0.2) is 5.75 Å². The Balaban J connectivity index is 2.73. The maximum atomic E-state index is 5.66. The lowest BCUT2D eigenvalue weighted by atomic mass is 10.2. The first-order valence-corrected chi connectivity index (χ1v) is 5.49. The van der Waals surface area contributed by atoms with Crippen molar-refractivity contribution < 1.29 is 0 Å². The van der Waals surface area contributed by atoms with Crippen LogP contribution in [0.25, 0.3) is 6.08 Å². The summed E-state index contributed by atoms with van der Waals surface area (Å²) in [5, 5.41) is 0. The number of halogens is 1. The van der Waals surface area contributed by atoms with Crippen LogP contribution < -0.4 is 5.73 Å². The van der Waals surface area contributed by atoms with Crippen LogP contribution in [0.3, 0.4) is 0 Å². The molecule has 0 radical (unpaired) electrons. The fraction of sp³-hybridized carbons (Fsp3) is 0.200. The van der Waals surface area contributed by atoms with E-state index >= 15 is 0 Å². The summed E-state index contributed by atoms with van der Waals surface area (Å²) >= 11 is 7.50. The van der Waals surface area contributed by atoms with Gasteiger partial charge in [0.15, 0.2) is 0 Å². The minimum atomic E-state index is 0.770. The molecule has 0 fully saturated rings. The molecule has 0 spiro atoms. The van der Waals surface area contributed by atoms with E-state index in [0.29, 0.717) is 0 Å². The number of thiol groups is 1. The number of rotatable bonds is 3. The molecule has 0 heterocycles. The van der Waals surface area contributed by atoms with Crippen molar-refractivity contribution in [3.8, 4) is 0 Å². The van der Waals surface area contributed by atoms with E-state index in [1.54, 1.807) is 0 Å². The first-order chi connectivity index (χ1) is 6.24. The number of anilines is 1. The lowest BCUT2D eigenvalue weighted by molar-refractivity contribution is 1.26. The highest BCUT2D eigenvalue weighted by Gasteiger charge is 1.94. The lowest BCUT2D eigenvalue weighted by Gasteiger charge is -1.98. The van der Waals surface area contributed by atoms with Crippen molar-refractivity contribution in [1.82, 2.24) is 0 Å². The fourth-order valence-corrected chi connectivity index (χ4v) is 1.49. The summed E-state index contributed by atoms with van der Waals surface area (Å²) in [5.74, 6) is 0.882. The molecule has 1 aromatic carbocycles. The van der Waals surface area contributed by atoms with Crippen LogP contribution >= 0.6 is 28.6 Å². The number of hydrogen-bond acceptors (Lipinski definition) is 2. The number of hydrogen-bond donors (Lipinski definition) is 2. The van der Waals surface area contributed by atoms with E-state index in [4.69, 9.17) is 5.73 Å². The summed E-state index contributed by atoms with van der Waals surface area (Å²) in [7, 11) is 0. The minimum Gasteiger partial charge on any atom is -0.398 e. The Morgan fingerprint density at radius 1 is 1.46 bits per heavy atom. The van der Waals surface area contributed by atoms with Crippen LogP contribution in [0.1, 0.15) is 12.0 Å². The van der Waals surface area contributed by atoms with Gasteiger partial charge in [-0.2, -0.15) is 12.6 Å². The Morgan fingerprint density at radius 3 is 2.85 bits per heavy atom. The molecule has 0 aliphatic carbocycles. The molecule has 0 saturated carbocycles. The number of allylic oxidation sites excluding steroid dienone is 1. The Labute approximate surface area is 92.6 Å². The molecule has 2 N–H and O–H groups in total. The largest absolute Gasteiger partial charge is 0.398 e. The van der Waals surface area contributed by atoms with Crippen molar-refractivity contribution in [3.05, 3.63) is 34.3 Å². The van der Waals surface area contributed by atoms with Crippen molar-refractivity contribution >= 4 is 40.3 Å². The first kappa shape index (κ1) is 10.7. The van der Waals surface area contributed by atoms with Crippen molar-refractivity contribution in [1.29, 1.82) is 0 Å². The fourth-order valence-electron chi connectivity index (χ4n) is 0.941. The Hall–Kier alpha value is -0.410. The summed E-state index contributed by atoms with van der Waals surface area (Å²) in [4.78, 5) is 0. The van der Waals surface area contributed by atoms with Crippen LogP contribution in [0.15, 0.2) is 28.7 Å². The number of nitrogens with two attached hydrogens (primary N) is 1. The lowest BCUT2D eigenvalue weighted by Crippen LogP contribution is -1.85. The smallest absolute Gasteiger partial charge is 0.0458 e.